The molecule has 0 aliphatic heterocycles. The molecule has 0 spiro atoms. The van der Waals surface area contributed by atoms with Gasteiger partial charge in [-0.25, -0.2) is 0 Å². The first-order valence-electron chi connectivity index (χ1n) is 5.31. The van der Waals surface area contributed by atoms with Gasteiger partial charge in [-0.05, 0) is 19.4 Å². The third-order valence-corrected chi connectivity index (χ3v) is 2.42. The second-order valence-corrected chi connectivity index (χ2v) is 4.29. The number of nitro benzene ring substituents is 1. The number of non-ortho nitro benzene ring substituents is 1. The Morgan fingerprint density at radius 1 is 1.56 bits per heavy atom. The molecular weight excluding hydrogens is 260 g/mol. The van der Waals surface area contributed by atoms with Gasteiger partial charge >= 0.3 is 0 Å². The fraction of sp³-hybridized carbons (Fsp3) is 0.364. The Labute approximate surface area is 109 Å². The monoisotopic (exact) mass is 272 g/mol. The Hall–Kier alpha value is -1.66. The van der Waals surface area contributed by atoms with Crippen LogP contribution in [0.15, 0.2) is 18.2 Å². The highest BCUT2D eigenvalue weighted by atomic mass is 35.5. The molecule has 0 aliphatic rings. The van der Waals surface area contributed by atoms with E-state index in [1.165, 1.54) is 12.1 Å². The second kappa shape index (κ2) is 6.32. The highest BCUT2D eigenvalue weighted by Gasteiger charge is 2.13. The van der Waals surface area contributed by atoms with E-state index in [-0.39, 0.29) is 22.8 Å². The van der Waals surface area contributed by atoms with Gasteiger partial charge in [0.25, 0.3) is 11.6 Å². The topological polar surface area (TPSA) is 92.5 Å². The average Bonchev–Trinajstić information content (AvgIpc) is 2.27. The van der Waals surface area contributed by atoms with Crippen molar-refractivity contribution in [3.8, 4) is 0 Å². The van der Waals surface area contributed by atoms with Gasteiger partial charge < -0.3 is 10.4 Å². The van der Waals surface area contributed by atoms with Gasteiger partial charge in [0.2, 0.25) is 0 Å². The fourth-order valence-electron chi connectivity index (χ4n) is 1.31. The summed E-state index contributed by atoms with van der Waals surface area (Å²) in [5.41, 5.74) is -0.108. The summed E-state index contributed by atoms with van der Waals surface area (Å²) in [5.74, 6) is -0.457. The van der Waals surface area contributed by atoms with Crippen molar-refractivity contribution >= 4 is 23.2 Å². The molecule has 1 aromatic rings. The van der Waals surface area contributed by atoms with Crippen molar-refractivity contribution in [1.82, 2.24) is 5.32 Å². The number of amides is 1. The number of hydrogen-bond acceptors (Lipinski definition) is 4. The molecule has 1 amide bonds. The quantitative estimate of drug-likeness (QED) is 0.631. The van der Waals surface area contributed by atoms with Gasteiger partial charge in [-0.2, -0.15) is 0 Å². The maximum Gasteiger partial charge on any atom is 0.271 e. The lowest BCUT2D eigenvalue weighted by Crippen LogP contribution is -2.26. The summed E-state index contributed by atoms with van der Waals surface area (Å²) in [6, 6.07) is 3.68. The molecule has 0 saturated heterocycles. The zero-order chi connectivity index (χ0) is 13.7. The van der Waals surface area contributed by atoms with Gasteiger partial charge in [0, 0.05) is 29.3 Å². The summed E-state index contributed by atoms with van der Waals surface area (Å²) in [4.78, 5) is 21.7. The van der Waals surface area contributed by atoms with Crippen molar-refractivity contribution in [3.63, 3.8) is 0 Å². The number of nitrogens with zero attached hydrogens (tertiary/aromatic N) is 1. The number of aliphatic hydroxyl groups is 1. The van der Waals surface area contributed by atoms with Crippen molar-refractivity contribution in [1.29, 1.82) is 0 Å². The van der Waals surface area contributed by atoms with Crippen LogP contribution in [0.5, 0.6) is 0 Å². The summed E-state index contributed by atoms with van der Waals surface area (Å²) in [5, 5.41) is 22.3. The Balaban J connectivity index is 2.76. The van der Waals surface area contributed by atoms with Crippen LogP contribution < -0.4 is 5.32 Å². The molecule has 98 valence electrons. The van der Waals surface area contributed by atoms with Crippen LogP contribution in [0.4, 0.5) is 5.69 Å². The molecule has 1 unspecified atom stereocenters. The maximum atomic E-state index is 11.7. The number of hydrogen-bond donors (Lipinski definition) is 2. The number of rotatable bonds is 5. The average molecular weight is 273 g/mol. The zero-order valence-electron chi connectivity index (χ0n) is 9.72. The number of halogens is 1. The van der Waals surface area contributed by atoms with Crippen LogP contribution in [-0.4, -0.2) is 28.6 Å². The number of nitrogens with one attached hydrogen (secondary N) is 1. The van der Waals surface area contributed by atoms with Crippen molar-refractivity contribution in [2.75, 3.05) is 6.54 Å². The maximum absolute atomic E-state index is 11.7. The lowest BCUT2D eigenvalue weighted by atomic mass is 10.2. The first kappa shape index (κ1) is 14.4. The minimum absolute atomic E-state index is 0.125. The summed E-state index contributed by atoms with van der Waals surface area (Å²) in [6.45, 7) is 1.90. The van der Waals surface area contributed by atoms with Crippen LogP contribution in [0.25, 0.3) is 0 Å². The number of aliphatic hydroxyl groups excluding tert-OH is 1. The number of nitro groups is 1. The molecule has 0 aliphatic carbocycles. The van der Waals surface area contributed by atoms with Crippen molar-refractivity contribution < 1.29 is 14.8 Å². The van der Waals surface area contributed by atoms with E-state index in [1.54, 1.807) is 6.92 Å². The van der Waals surface area contributed by atoms with E-state index in [2.05, 4.69) is 5.32 Å². The van der Waals surface area contributed by atoms with Crippen LogP contribution in [0.2, 0.25) is 5.02 Å². The van der Waals surface area contributed by atoms with E-state index < -0.39 is 16.9 Å². The van der Waals surface area contributed by atoms with Gasteiger partial charge in [-0.15, -0.1) is 0 Å². The highest BCUT2D eigenvalue weighted by molar-refractivity contribution is 6.31. The highest BCUT2D eigenvalue weighted by Crippen LogP contribution is 2.20. The van der Waals surface area contributed by atoms with E-state index in [9.17, 15) is 14.9 Å². The van der Waals surface area contributed by atoms with Crippen molar-refractivity contribution in [2.45, 2.75) is 19.4 Å². The third kappa shape index (κ3) is 4.31. The molecule has 0 heterocycles. The summed E-state index contributed by atoms with van der Waals surface area (Å²) < 4.78 is 0. The summed E-state index contributed by atoms with van der Waals surface area (Å²) >= 11 is 5.70. The van der Waals surface area contributed by atoms with E-state index in [1.807, 2.05) is 0 Å². The van der Waals surface area contributed by atoms with E-state index in [0.29, 0.717) is 6.42 Å². The second-order valence-electron chi connectivity index (χ2n) is 3.85. The summed E-state index contributed by atoms with van der Waals surface area (Å²) in [6.07, 6.45) is -0.104. The molecule has 0 aromatic heterocycles. The van der Waals surface area contributed by atoms with Crippen molar-refractivity contribution in [2.24, 2.45) is 0 Å². The number of benzene rings is 1. The smallest absolute Gasteiger partial charge is 0.271 e. The normalized spacial score (nSPS) is 11.9. The SMILES string of the molecule is CC(O)CCNC(=O)c1cc(Cl)cc([N+](=O)[O-])c1. The predicted molar refractivity (Wildman–Crippen MR) is 66.7 cm³/mol. The van der Waals surface area contributed by atoms with Gasteiger partial charge in [0.1, 0.15) is 0 Å². The van der Waals surface area contributed by atoms with Gasteiger partial charge in [0.05, 0.1) is 11.0 Å². The Bertz CT molecular complexity index is 462. The van der Waals surface area contributed by atoms with E-state index >= 15 is 0 Å². The largest absolute Gasteiger partial charge is 0.393 e. The molecular formula is C11H13ClN2O4. The molecule has 7 heteroatoms. The van der Waals surface area contributed by atoms with Crippen LogP contribution in [0, 0.1) is 10.1 Å². The van der Waals surface area contributed by atoms with E-state index in [4.69, 9.17) is 16.7 Å². The minimum atomic E-state index is -0.613. The van der Waals surface area contributed by atoms with E-state index in [0.717, 1.165) is 6.07 Å². The molecule has 18 heavy (non-hydrogen) atoms. The Morgan fingerprint density at radius 3 is 2.78 bits per heavy atom. The fourth-order valence-corrected chi connectivity index (χ4v) is 1.54. The summed E-state index contributed by atoms with van der Waals surface area (Å²) in [7, 11) is 0. The Morgan fingerprint density at radius 2 is 2.22 bits per heavy atom. The minimum Gasteiger partial charge on any atom is -0.393 e. The Kier molecular flexibility index (Phi) is 5.06. The number of carbonyl (C=O) groups is 1. The van der Waals surface area contributed by atoms with Gasteiger partial charge in [0.15, 0.2) is 0 Å². The van der Waals surface area contributed by atoms with Crippen molar-refractivity contribution in [3.05, 3.63) is 38.9 Å². The molecule has 2 N–H and O–H groups in total. The van der Waals surface area contributed by atoms with Gasteiger partial charge in [-0.3, -0.25) is 14.9 Å². The first-order chi connectivity index (χ1) is 8.40. The van der Waals surface area contributed by atoms with Crippen LogP contribution in [0.1, 0.15) is 23.7 Å². The molecule has 1 rings (SSSR count). The lowest BCUT2D eigenvalue weighted by molar-refractivity contribution is -0.384. The molecule has 1 aromatic carbocycles. The van der Waals surface area contributed by atoms with Gasteiger partial charge in [-0.1, -0.05) is 11.6 Å². The molecule has 6 nitrogen and oxygen atoms in total. The van der Waals surface area contributed by atoms with Crippen LogP contribution >= 0.6 is 11.6 Å². The molecule has 1 atom stereocenters. The predicted octanol–water partition coefficient (Wildman–Crippen LogP) is 1.75. The first-order valence-corrected chi connectivity index (χ1v) is 5.69. The van der Waals surface area contributed by atoms with Crippen LogP contribution in [-0.2, 0) is 0 Å². The third-order valence-electron chi connectivity index (χ3n) is 2.20. The standard InChI is InChI=1S/C11H13ClN2O4/c1-7(15)2-3-13-11(16)8-4-9(12)6-10(5-8)14(17)18/h4-7,15H,2-3H2,1H3,(H,13,16). The molecule has 0 saturated carbocycles. The molecule has 0 fully saturated rings. The zero-order valence-corrected chi connectivity index (χ0v) is 10.5. The van der Waals surface area contributed by atoms with Crippen LogP contribution in [0.3, 0.4) is 0 Å². The lowest BCUT2D eigenvalue weighted by Gasteiger charge is -2.07. The molecule has 0 bridgehead atoms. The number of carbonyl (C=O) groups excluding carboxylic acids is 1. The molecule has 0 radical (unpaired) electrons.